The molecule has 0 amide bonds. The van der Waals surface area contributed by atoms with Crippen molar-refractivity contribution < 1.29 is 9.47 Å². The molecule has 0 aromatic rings. The zero-order valence-electron chi connectivity index (χ0n) is 6.96. The van der Waals surface area contributed by atoms with E-state index < -0.39 is 0 Å². The molecule has 0 spiro atoms. The van der Waals surface area contributed by atoms with Crippen LogP contribution in [0.4, 0.5) is 0 Å². The van der Waals surface area contributed by atoms with Gasteiger partial charge in [0.1, 0.15) is 6.79 Å². The van der Waals surface area contributed by atoms with Crippen LogP contribution in [0.1, 0.15) is 13.3 Å². The van der Waals surface area contributed by atoms with E-state index in [2.05, 4.69) is 6.58 Å². The van der Waals surface area contributed by atoms with Gasteiger partial charge in [0, 0.05) is 19.1 Å². The summed E-state index contributed by atoms with van der Waals surface area (Å²) in [6.07, 6.45) is 0.571. The lowest BCUT2D eigenvalue weighted by molar-refractivity contribution is -0.0642. The Morgan fingerprint density at radius 1 is 1.73 bits per heavy atom. The lowest BCUT2D eigenvalue weighted by atomic mass is 10.2. The number of ether oxygens (including phenoxy) is 2. The molecule has 3 nitrogen and oxygen atoms in total. The van der Waals surface area contributed by atoms with Crippen LogP contribution < -0.4 is 0 Å². The van der Waals surface area contributed by atoms with E-state index in [4.69, 9.17) is 14.7 Å². The number of hydrogen-bond acceptors (Lipinski definition) is 3. The van der Waals surface area contributed by atoms with Crippen molar-refractivity contribution in [1.82, 2.24) is 0 Å². The predicted octanol–water partition coefficient (Wildman–Crippen LogP) is 1.47. The topological polar surface area (TPSA) is 42.2 Å². The van der Waals surface area contributed by atoms with Crippen molar-refractivity contribution in [1.29, 1.82) is 5.26 Å². The molecule has 11 heavy (non-hydrogen) atoms. The zero-order chi connectivity index (χ0) is 8.69. The van der Waals surface area contributed by atoms with Crippen molar-refractivity contribution in [2.45, 2.75) is 19.4 Å². The average Bonchev–Trinajstić information content (AvgIpc) is 2.00. The van der Waals surface area contributed by atoms with E-state index in [0.717, 1.165) is 0 Å². The van der Waals surface area contributed by atoms with Gasteiger partial charge in [0.05, 0.1) is 12.2 Å². The second-order valence-electron chi connectivity index (χ2n) is 2.30. The Hall–Kier alpha value is -0.850. The second kappa shape index (κ2) is 5.90. The Morgan fingerprint density at radius 3 is 2.82 bits per heavy atom. The summed E-state index contributed by atoms with van der Waals surface area (Å²) in [6, 6.07) is 1.96. The summed E-state index contributed by atoms with van der Waals surface area (Å²) in [5.74, 6) is 0. The molecular formula is C8H13NO2. The highest BCUT2D eigenvalue weighted by Crippen LogP contribution is 2.04. The van der Waals surface area contributed by atoms with Crippen molar-refractivity contribution in [2.75, 3.05) is 13.9 Å². The van der Waals surface area contributed by atoms with E-state index in [-0.39, 0.29) is 12.9 Å². The minimum Gasteiger partial charge on any atom is -0.359 e. The Bertz CT molecular complexity index is 160. The molecule has 0 N–H and O–H groups in total. The molecule has 62 valence electrons. The van der Waals surface area contributed by atoms with Gasteiger partial charge in [-0.3, -0.25) is 0 Å². The molecule has 0 saturated carbocycles. The monoisotopic (exact) mass is 155 g/mol. The van der Waals surface area contributed by atoms with Crippen LogP contribution >= 0.6 is 0 Å². The van der Waals surface area contributed by atoms with Gasteiger partial charge in [0.25, 0.3) is 0 Å². The van der Waals surface area contributed by atoms with E-state index in [1.165, 1.54) is 0 Å². The zero-order valence-corrected chi connectivity index (χ0v) is 6.96. The number of nitrogens with zero attached hydrogens (tertiary/aromatic N) is 1. The molecule has 0 rings (SSSR count). The van der Waals surface area contributed by atoms with Crippen LogP contribution in [-0.4, -0.2) is 20.0 Å². The minimum atomic E-state index is 0.00194. The fraction of sp³-hybridized carbons (Fsp3) is 0.625. The van der Waals surface area contributed by atoms with Gasteiger partial charge in [-0.15, -0.1) is 0 Å². The quantitative estimate of drug-likeness (QED) is 0.446. The summed E-state index contributed by atoms with van der Waals surface area (Å²) in [6.45, 7) is 5.68. The first kappa shape index (κ1) is 10.2. The first-order chi connectivity index (χ1) is 5.20. The first-order valence-corrected chi connectivity index (χ1v) is 3.39. The van der Waals surface area contributed by atoms with Gasteiger partial charge in [0.15, 0.2) is 0 Å². The summed E-state index contributed by atoms with van der Waals surface area (Å²) < 4.78 is 9.82. The van der Waals surface area contributed by atoms with E-state index in [9.17, 15) is 0 Å². The van der Waals surface area contributed by atoms with E-state index in [1.807, 2.05) is 13.0 Å². The molecule has 0 aromatic heterocycles. The Morgan fingerprint density at radius 2 is 2.36 bits per heavy atom. The number of hydrogen-bond donors (Lipinski definition) is 0. The first-order valence-electron chi connectivity index (χ1n) is 3.39. The van der Waals surface area contributed by atoms with Crippen molar-refractivity contribution in [3.63, 3.8) is 0 Å². The Labute approximate surface area is 67.2 Å². The molecule has 0 aliphatic rings. The van der Waals surface area contributed by atoms with E-state index >= 15 is 0 Å². The molecule has 1 unspecified atom stereocenters. The van der Waals surface area contributed by atoms with E-state index in [1.54, 1.807) is 7.11 Å². The van der Waals surface area contributed by atoms with Crippen molar-refractivity contribution in [2.24, 2.45) is 0 Å². The maximum atomic E-state index is 8.37. The Kier molecular flexibility index (Phi) is 5.44. The molecule has 0 heterocycles. The second-order valence-corrected chi connectivity index (χ2v) is 2.30. The molecule has 0 radical (unpaired) electrons. The minimum absolute atomic E-state index is 0.00194. The Balaban J connectivity index is 3.45. The van der Waals surface area contributed by atoms with E-state index in [0.29, 0.717) is 12.0 Å². The fourth-order valence-electron chi connectivity index (χ4n) is 0.636. The lowest BCUT2D eigenvalue weighted by Gasteiger charge is -2.10. The van der Waals surface area contributed by atoms with Crippen LogP contribution in [-0.2, 0) is 9.47 Å². The molecule has 0 fully saturated rings. The highest BCUT2D eigenvalue weighted by Gasteiger charge is 2.02. The van der Waals surface area contributed by atoms with Gasteiger partial charge in [-0.25, -0.2) is 0 Å². The molecule has 0 bridgehead atoms. The molecule has 0 aromatic carbocycles. The maximum absolute atomic E-state index is 8.37. The van der Waals surface area contributed by atoms with Gasteiger partial charge in [-0.05, 0) is 6.92 Å². The van der Waals surface area contributed by atoms with Crippen molar-refractivity contribution >= 4 is 0 Å². The summed E-state index contributed by atoms with van der Waals surface area (Å²) in [4.78, 5) is 0. The van der Waals surface area contributed by atoms with Gasteiger partial charge >= 0.3 is 0 Å². The molecule has 0 aliphatic heterocycles. The lowest BCUT2D eigenvalue weighted by Crippen LogP contribution is -2.10. The van der Waals surface area contributed by atoms with Crippen LogP contribution in [0.25, 0.3) is 0 Å². The number of methoxy groups -OCH3 is 1. The van der Waals surface area contributed by atoms with Gasteiger partial charge in [-0.1, -0.05) is 6.58 Å². The summed E-state index contributed by atoms with van der Waals surface area (Å²) in [5.41, 5.74) is 0.536. The summed E-state index contributed by atoms with van der Waals surface area (Å²) in [5, 5.41) is 8.37. The normalized spacial score (nSPS) is 12.1. The molecule has 0 aliphatic carbocycles. The third-order valence-electron chi connectivity index (χ3n) is 1.16. The van der Waals surface area contributed by atoms with Crippen molar-refractivity contribution in [3.8, 4) is 6.07 Å². The van der Waals surface area contributed by atoms with Crippen LogP contribution in [0.2, 0.25) is 0 Å². The molecule has 0 saturated heterocycles. The molecule has 1 atom stereocenters. The van der Waals surface area contributed by atoms with Crippen LogP contribution in [0.3, 0.4) is 0 Å². The third kappa shape index (κ3) is 5.59. The van der Waals surface area contributed by atoms with Gasteiger partial charge in [0.2, 0.25) is 0 Å². The van der Waals surface area contributed by atoms with Crippen molar-refractivity contribution in [3.05, 3.63) is 12.2 Å². The maximum Gasteiger partial charge on any atom is 0.146 e. The average molecular weight is 155 g/mol. The molecular weight excluding hydrogens is 142 g/mol. The predicted molar refractivity (Wildman–Crippen MR) is 41.8 cm³/mol. The standard InChI is InChI=1S/C8H13NO2/c1-7(5-9)4-8(2)11-6-10-3/h8H,1,4,6H2,2-3H3. The molecule has 3 heteroatoms. The highest BCUT2D eigenvalue weighted by molar-refractivity contribution is 5.16. The number of rotatable bonds is 5. The van der Waals surface area contributed by atoms with Crippen LogP contribution in [0.5, 0.6) is 0 Å². The van der Waals surface area contributed by atoms with Crippen LogP contribution in [0, 0.1) is 11.3 Å². The fourth-order valence-corrected chi connectivity index (χ4v) is 0.636. The third-order valence-corrected chi connectivity index (χ3v) is 1.16. The van der Waals surface area contributed by atoms with Gasteiger partial charge < -0.3 is 9.47 Å². The van der Waals surface area contributed by atoms with Crippen LogP contribution in [0.15, 0.2) is 12.2 Å². The van der Waals surface area contributed by atoms with Gasteiger partial charge in [-0.2, -0.15) is 5.26 Å². The summed E-state index contributed by atoms with van der Waals surface area (Å²) in [7, 11) is 1.56. The SMILES string of the molecule is C=C(C#N)CC(C)OCOC. The largest absolute Gasteiger partial charge is 0.359 e. The highest BCUT2D eigenvalue weighted by atomic mass is 16.7. The summed E-state index contributed by atoms with van der Waals surface area (Å²) >= 11 is 0. The number of nitriles is 1. The smallest absolute Gasteiger partial charge is 0.146 e.